The Kier molecular flexibility index (Phi) is 4.32. The van der Waals surface area contributed by atoms with Gasteiger partial charge in [0.25, 0.3) is 0 Å². The van der Waals surface area contributed by atoms with Crippen LogP contribution in [0.25, 0.3) is 0 Å². The van der Waals surface area contributed by atoms with Crippen LogP contribution in [-0.4, -0.2) is 11.3 Å². The van der Waals surface area contributed by atoms with Gasteiger partial charge in [-0.15, -0.1) is 13.2 Å². The highest BCUT2D eigenvalue weighted by Gasteiger charge is 2.31. The molecule has 0 radical (unpaired) electrons. The molecule has 1 heterocycles. The zero-order valence-electron chi connectivity index (χ0n) is 10.9. The van der Waals surface area contributed by atoms with E-state index in [0.717, 1.165) is 24.3 Å². The van der Waals surface area contributed by atoms with Gasteiger partial charge < -0.3 is 4.74 Å². The Morgan fingerprint density at radius 1 is 1.21 bits per heavy atom. The molecule has 0 amide bonds. The normalized spacial score (nSPS) is 24.2. The summed E-state index contributed by atoms with van der Waals surface area (Å²) in [4.78, 5) is 3.74. The first-order valence-electron chi connectivity index (χ1n) is 6.69. The Labute approximate surface area is 111 Å². The van der Waals surface area contributed by atoms with Gasteiger partial charge in [0.2, 0.25) is 5.88 Å². The summed E-state index contributed by atoms with van der Waals surface area (Å²) in [6.45, 7) is 2.20. The second-order valence-corrected chi connectivity index (χ2v) is 5.10. The summed E-state index contributed by atoms with van der Waals surface area (Å²) in [6, 6.07) is 3.00. The molecule has 0 bridgehead atoms. The number of nitrogens with zero attached hydrogens (tertiary/aromatic N) is 1. The van der Waals surface area contributed by atoms with Gasteiger partial charge in [-0.05, 0) is 43.1 Å². The van der Waals surface area contributed by atoms with Crippen LogP contribution in [0.4, 0.5) is 13.2 Å². The van der Waals surface area contributed by atoms with Crippen LogP contribution in [0.5, 0.6) is 5.88 Å². The molecule has 0 spiro atoms. The first kappa shape index (κ1) is 14.2. The van der Waals surface area contributed by atoms with Crippen molar-refractivity contribution in [1.29, 1.82) is 0 Å². The predicted molar refractivity (Wildman–Crippen MR) is 65.9 cm³/mol. The molecule has 1 saturated carbocycles. The van der Waals surface area contributed by atoms with Crippen LogP contribution in [0.15, 0.2) is 18.3 Å². The van der Waals surface area contributed by atoms with Gasteiger partial charge >= 0.3 is 6.36 Å². The summed E-state index contributed by atoms with van der Waals surface area (Å²) >= 11 is 0. The van der Waals surface area contributed by atoms with E-state index in [2.05, 4.69) is 16.6 Å². The average Bonchev–Trinajstić information content (AvgIpc) is 2.38. The van der Waals surface area contributed by atoms with E-state index >= 15 is 0 Å². The maximum absolute atomic E-state index is 12.0. The predicted octanol–water partition coefficient (Wildman–Crippen LogP) is 4.66. The SMILES string of the molecule is CC[C@H]1CC[C@H](c2ccc(OC(F)(F)F)nc2)CC1. The first-order chi connectivity index (χ1) is 8.98. The summed E-state index contributed by atoms with van der Waals surface area (Å²) in [5.74, 6) is 0.839. The van der Waals surface area contributed by atoms with Gasteiger partial charge in [-0.3, -0.25) is 0 Å². The van der Waals surface area contributed by atoms with E-state index in [1.807, 2.05) is 0 Å². The molecule has 1 aliphatic rings. The summed E-state index contributed by atoms with van der Waals surface area (Å²) in [7, 11) is 0. The zero-order valence-corrected chi connectivity index (χ0v) is 10.9. The molecule has 0 aliphatic heterocycles. The molecule has 1 aromatic rings. The number of ether oxygens (including phenoxy) is 1. The first-order valence-corrected chi connectivity index (χ1v) is 6.69. The summed E-state index contributed by atoms with van der Waals surface area (Å²) in [5, 5.41) is 0. The molecule has 1 fully saturated rings. The summed E-state index contributed by atoms with van der Waals surface area (Å²) in [5.41, 5.74) is 1.02. The number of hydrogen-bond donors (Lipinski definition) is 0. The Bertz CT molecular complexity index is 394. The van der Waals surface area contributed by atoms with E-state index in [1.165, 1.54) is 31.5 Å². The molecule has 19 heavy (non-hydrogen) atoms. The maximum atomic E-state index is 12.0. The van der Waals surface area contributed by atoms with Crippen molar-refractivity contribution in [1.82, 2.24) is 4.98 Å². The molecule has 106 valence electrons. The van der Waals surface area contributed by atoms with Gasteiger partial charge in [0.1, 0.15) is 0 Å². The van der Waals surface area contributed by atoms with Crippen LogP contribution in [0.1, 0.15) is 50.5 Å². The fourth-order valence-electron chi connectivity index (χ4n) is 2.72. The molecular formula is C14H18F3NO. The van der Waals surface area contributed by atoms with Crippen LogP contribution in [0.3, 0.4) is 0 Å². The second kappa shape index (κ2) is 5.80. The lowest BCUT2D eigenvalue weighted by Gasteiger charge is -2.27. The number of pyridine rings is 1. The van der Waals surface area contributed by atoms with Gasteiger partial charge in [0, 0.05) is 12.3 Å². The van der Waals surface area contributed by atoms with E-state index in [-0.39, 0.29) is 0 Å². The Balaban J connectivity index is 1.95. The third-order valence-corrected chi connectivity index (χ3v) is 3.88. The molecule has 1 aliphatic carbocycles. The highest BCUT2D eigenvalue weighted by atomic mass is 19.4. The Morgan fingerprint density at radius 2 is 1.89 bits per heavy atom. The number of alkyl halides is 3. The molecule has 0 aromatic carbocycles. The zero-order chi connectivity index (χ0) is 13.9. The minimum absolute atomic E-state index is 0.390. The number of hydrogen-bond acceptors (Lipinski definition) is 2. The van der Waals surface area contributed by atoms with Crippen molar-refractivity contribution >= 4 is 0 Å². The van der Waals surface area contributed by atoms with Crippen molar-refractivity contribution in [3.05, 3.63) is 23.9 Å². The van der Waals surface area contributed by atoms with E-state index in [0.29, 0.717) is 5.92 Å². The van der Waals surface area contributed by atoms with Crippen LogP contribution in [0, 0.1) is 5.92 Å². The largest absolute Gasteiger partial charge is 0.574 e. The molecule has 0 N–H and O–H groups in total. The average molecular weight is 273 g/mol. The van der Waals surface area contributed by atoms with Crippen LogP contribution in [-0.2, 0) is 0 Å². The van der Waals surface area contributed by atoms with E-state index in [1.54, 1.807) is 6.07 Å². The molecule has 0 atom stereocenters. The number of halogens is 3. The van der Waals surface area contributed by atoms with Crippen molar-refractivity contribution in [2.75, 3.05) is 0 Å². The van der Waals surface area contributed by atoms with E-state index in [9.17, 15) is 13.2 Å². The van der Waals surface area contributed by atoms with Crippen LogP contribution < -0.4 is 4.74 Å². The lowest BCUT2D eigenvalue weighted by molar-refractivity contribution is -0.276. The van der Waals surface area contributed by atoms with Crippen molar-refractivity contribution in [2.24, 2.45) is 5.92 Å². The minimum Gasteiger partial charge on any atom is -0.388 e. The molecule has 0 saturated heterocycles. The lowest BCUT2D eigenvalue weighted by Crippen LogP contribution is -2.18. The standard InChI is InChI=1S/C14H18F3NO/c1-2-10-3-5-11(6-4-10)12-7-8-13(18-9-12)19-14(15,16)17/h7-11H,2-6H2,1H3/t10-,11-. The highest BCUT2D eigenvalue weighted by molar-refractivity contribution is 5.21. The van der Waals surface area contributed by atoms with Gasteiger partial charge in [0.05, 0.1) is 0 Å². The summed E-state index contributed by atoms with van der Waals surface area (Å²) in [6.07, 6.45) is 2.64. The van der Waals surface area contributed by atoms with Crippen molar-refractivity contribution in [3.63, 3.8) is 0 Å². The topological polar surface area (TPSA) is 22.1 Å². The lowest BCUT2D eigenvalue weighted by atomic mass is 9.78. The number of aromatic nitrogens is 1. The summed E-state index contributed by atoms with van der Waals surface area (Å²) < 4.78 is 39.8. The second-order valence-electron chi connectivity index (χ2n) is 5.10. The van der Waals surface area contributed by atoms with Gasteiger partial charge in [-0.2, -0.15) is 0 Å². The highest BCUT2D eigenvalue weighted by Crippen LogP contribution is 2.37. The minimum atomic E-state index is -4.67. The van der Waals surface area contributed by atoms with Crippen LogP contribution in [0.2, 0.25) is 0 Å². The molecule has 2 nitrogen and oxygen atoms in total. The monoisotopic (exact) mass is 273 g/mol. The van der Waals surface area contributed by atoms with Gasteiger partial charge in [-0.25, -0.2) is 4.98 Å². The molecule has 5 heteroatoms. The number of rotatable bonds is 3. The Morgan fingerprint density at radius 3 is 2.37 bits per heavy atom. The maximum Gasteiger partial charge on any atom is 0.574 e. The fourth-order valence-corrected chi connectivity index (χ4v) is 2.72. The van der Waals surface area contributed by atoms with Crippen LogP contribution >= 0.6 is 0 Å². The van der Waals surface area contributed by atoms with E-state index < -0.39 is 12.2 Å². The third kappa shape index (κ3) is 4.11. The molecule has 1 aromatic heterocycles. The molecular weight excluding hydrogens is 255 g/mol. The molecule has 2 rings (SSSR count). The third-order valence-electron chi connectivity index (χ3n) is 3.88. The van der Waals surface area contributed by atoms with Crippen molar-refractivity contribution < 1.29 is 17.9 Å². The molecule has 0 unspecified atom stereocenters. The smallest absolute Gasteiger partial charge is 0.388 e. The van der Waals surface area contributed by atoms with Crippen molar-refractivity contribution in [2.45, 2.75) is 51.3 Å². The quantitative estimate of drug-likeness (QED) is 0.798. The van der Waals surface area contributed by atoms with Crippen molar-refractivity contribution in [3.8, 4) is 5.88 Å². The van der Waals surface area contributed by atoms with Gasteiger partial charge in [-0.1, -0.05) is 19.4 Å². The fraction of sp³-hybridized carbons (Fsp3) is 0.643. The van der Waals surface area contributed by atoms with Gasteiger partial charge in [0.15, 0.2) is 0 Å². The van der Waals surface area contributed by atoms with E-state index in [4.69, 9.17) is 0 Å². The Hall–Kier alpha value is -1.26.